The van der Waals surface area contributed by atoms with Crippen molar-refractivity contribution in [3.05, 3.63) is 0 Å². The van der Waals surface area contributed by atoms with Crippen LogP contribution in [0, 0.1) is 0 Å². The van der Waals surface area contributed by atoms with Gasteiger partial charge in [0.25, 0.3) is 0 Å². The van der Waals surface area contributed by atoms with Gasteiger partial charge < -0.3 is 10.1 Å². The Morgan fingerprint density at radius 2 is 2.29 bits per heavy atom. The molecule has 14 heavy (non-hydrogen) atoms. The molecule has 0 heterocycles. The monoisotopic (exact) mass is 217 g/mol. The molecule has 2 nitrogen and oxygen atoms in total. The molecule has 0 spiro atoms. The van der Waals surface area contributed by atoms with Gasteiger partial charge in [-0.2, -0.15) is 11.8 Å². The van der Waals surface area contributed by atoms with Gasteiger partial charge in [0.05, 0.1) is 6.61 Å². The van der Waals surface area contributed by atoms with Gasteiger partial charge in [0.1, 0.15) is 0 Å². The number of methoxy groups -OCH3 is 1. The van der Waals surface area contributed by atoms with E-state index in [-0.39, 0.29) is 0 Å². The first kappa shape index (κ1) is 12.3. The van der Waals surface area contributed by atoms with Crippen LogP contribution in [0.4, 0.5) is 0 Å². The molecule has 1 N–H and O–H groups in total. The number of hydrogen-bond acceptors (Lipinski definition) is 3. The molecular weight excluding hydrogens is 194 g/mol. The average molecular weight is 217 g/mol. The summed E-state index contributed by atoms with van der Waals surface area (Å²) in [5.41, 5.74) is 0. The summed E-state index contributed by atoms with van der Waals surface area (Å²) < 4.78 is 5.19. The molecule has 1 saturated carbocycles. The van der Waals surface area contributed by atoms with Gasteiger partial charge in [0.2, 0.25) is 0 Å². The first-order valence-corrected chi connectivity index (χ1v) is 6.86. The fourth-order valence-corrected chi connectivity index (χ4v) is 2.92. The van der Waals surface area contributed by atoms with Crippen molar-refractivity contribution in [2.24, 2.45) is 0 Å². The van der Waals surface area contributed by atoms with E-state index in [0.29, 0.717) is 6.04 Å². The molecule has 3 heteroatoms. The summed E-state index contributed by atoms with van der Waals surface area (Å²) in [7, 11) is 1.78. The second-order valence-electron chi connectivity index (χ2n) is 4.09. The maximum Gasteiger partial charge on any atom is 0.0615 e. The Labute approximate surface area is 92.2 Å². The molecule has 0 saturated heterocycles. The third-order valence-corrected chi connectivity index (χ3v) is 4.14. The van der Waals surface area contributed by atoms with Gasteiger partial charge in [-0.25, -0.2) is 0 Å². The van der Waals surface area contributed by atoms with Crippen molar-refractivity contribution in [3.8, 4) is 0 Å². The first-order valence-electron chi connectivity index (χ1n) is 5.57. The van der Waals surface area contributed by atoms with Crippen molar-refractivity contribution in [1.82, 2.24) is 5.32 Å². The lowest BCUT2D eigenvalue weighted by Gasteiger charge is -2.21. The number of ether oxygens (including phenoxy) is 1. The molecule has 0 aromatic carbocycles. The summed E-state index contributed by atoms with van der Waals surface area (Å²) in [5, 5.41) is 4.57. The zero-order valence-corrected chi connectivity index (χ0v) is 10.4. The van der Waals surface area contributed by atoms with Crippen molar-refractivity contribution in [1.29, 1.82) is 0 Å². The fourth-order valence-electron chi connectivity index (χ4n) is 2.12. The largest absolute Gasteiger partial charge is 0.383 e. The Morgan fingerprint density at radius 3 is 2.79 bits per heavy atom. The second-order valence-corrected chi connectivity index (χ2v) is 5.23. The van der Waals surface area contributed by atoms with Crippen LogP contribution in [0.3, 0.4) is 0 Å². The van der Waals surface area contributed by atoms with E-state index < -0.39 is 0 Å². The summed E-state index contributed by atoms with van der Waals surface area (Å²) >= 11 is 2.01. The van der Waals surface area contributed by atoms with Crippen LogP contribution in [-0.4, -0.2) is 37.3 Å². The van der Waals surface area contributed by atoms with Crippen LogP contribution in [0.15, 0.2) is 0 Å². The van der Waals surface area contributed by atoms with Crippen LogP contribution in [-0.2, 0) is 4.74 Å². The summed E-state index contributed by atoms with van der Waals surface area (Å²) in [6.07, 6.45) is 7.43. The molecule has 1 aliphatic rings. The molecule has 0 aliphatic heterocycles. The Morgan fingerprint density at radius 1 is 1.50 bits per heavy atom. The van der Waals surface area contributed by atoms with Crippen molar-refractivity contribution in [3.63, 3.8) is 0 Å². The lowest BCUT2D eigenvalue weighted by molar-refractivity contribution is 0.158. The summed E-state index contributed by atoms with van der Waals surface area (Å²) in [6.45, 7) is 3.06. The van der Waals surface area contributed by atoms with E-state index in [1.54, 1.807) is 7.11 Å². The molecule has 0 bridgehead atoms. The minimum atomic E-state index is 0.547. The van der Waals surface area contributed by atoms with E-state index >= 15 is 0 Å². The van der Waals surface area contributed by atoms with E-state index in [0.717, 1.165) is 24.3 Å². The molecule has 3 atom stereocenters. The van der Waals surface area contributed by atoms with Crippen molar-refractivity contribution < 1.29 is 4.74 Å². The van der Waals surface area contributed by atoms with Gasteiger partial charge in [-0.15, -0.1) is 0 Å². The SMILES string of the molecule is CC[C@H](COC)N[C@H]1CC[C@@H](SC)C1. The topological polar surface area (TPSA) is 21.3 Å². The Balaban J connectivity index is 2.22. The number of thioether (sulfide) groups is 1. The van der Waals surface area contributed by atoms with E-state index in [1.807, 2.05) is 11.8 Å². The molecule has 0 radical (unpaired) electrons. The Kier molecular flexibility index (Phi) is 5.90. The molecule has 0 unspecified atom stereocenters. The molecule has 84 valence electrons. The summed E-state index contributed by atoms with van der Waals surface area (Å²) in [5.74, 6) is 0. The zero-order chi connectivity index (χ0) is 10.4. The van der Waals surface area contributed by atoms with Crippen molar-refractivity contribution in [2.45, 2.75) is 49.9 Å². The third kappa shape index (κ3) is 3.79. The van der Waals surface area contributed by atoms with E-state index in [2.05, 4.69) is 18.5 Å². The third-order valence-electron chi connectivity index (χ3n) is 3.05. The van der Waals surface area contributed by atoms with Crippen LogP contribution < -0.4 is 5.32 Å². The molecular formula is C11H23NOS. The van der Waals surface area contributed by atoms with E-state index in [4.69, 9.17) is 4.74 Å². The van der Waals surface area contributed by atoms with E-state index in [1.165, 1.54) is 19.3 Å². The number of hydrogen-bond donors (Lipinski definition) is 1. The van der Waals surface area contributed by atoms with Gasteiger partial charge in [0, 0.05) is 24.4 Å². The molecule has 0 amide bonds. The van der Waals surface area contributed by atoms with Gasteiger partial charge in [-0.05, 0) is 31.9 Å². The predicted octanol–water partition coefficient (Wildman–Crippen LogP) is 2.29. The highest BCUT2D eigenvalue weighted by Gasteiger charge is 2.25. The highest BCUT2D eigenvalue weighted by atomic mass is 32.2. The van der Waals surface area contributed by atoms with Crippen LogP contribution in [0.5, 0.6) is 0 Å². The highest BCUT2D eigenvalue weighted by Crippen LogP contribution is 2.28. The van der Waals surface area contributed by atoms with E-state index in [9.17, 15) is 0 Å². The quantitative estimate of drug-likeness (QED) is 0.737. The smallest absolute Gasteiger partial charge is 0.0615 e. The lowest BCUT2D eigenvalue weighted by atomic mass is 10.2. The van der Waals surface area contributed by atoms with Crippen molar-refractivity contribution in [2.75, 3.05) is 20.0 Å². The van der Waals surface area contributed by atoms with Gasteiger partial charge in [-0.3, -0.25) is 0 Å². The minimum absolute atomic E-state index is 0.547. The van der Waals surface area contributed by atoms with Crippen LogP contribution in [0.2, 0.25) is 0 Å². The van der Waals surface area contributed by atoms with Crippen molar-refractivity contribution >= 4 is 11.8 Å². The minimum Gasteiger partial charge on any atom is -0.383 e. The van der Waals surface area contributed by atoms with Crippen LogP contribution in [0.25, 0.3) is 0 Å². The molecule has 1 aliphatic carbocycles. The van der Waals surface area contributed by atoms with Gasteiger partial charge in [0.15, 0.2) is 0 Å². The van der Waals surface area contributed by atoms with Crippen LogP contribution >= 0.6 is 11.8 Å². The second kappa shape index (κ2) is 6.70. The Bertz CT molecular complexity index is 154. The first-order chi connectivity index (χ1) is 6.80. The number of rotatable bonds is 6. The maximum absolute atomic E-state index is 5.19. The molecule has 1 fully saturated rings. The van der Waals surface area contributed by atoms with Gasteiger partial charge in [-0.1, -0.05) is 6.92 Å². The van der Waals surface area contributed by atoms with Gasteiger partial charge >= 0.3 is 0 Å². The zero-order valence-electron chi connectivity index (χ0n) is 9.58. The normalized spacial score (nSPS) is 29.4. The maximum atomic E-state index is 5.19. The molecule has 0 aromatic rings. The summed E-state index contributed by atoms with van der Waals surface area (Å²) in [4.78, 5) is 0. The lowest BCUT2D eigenvalue weighted by Crippen LogP contribution is -2.39. The van der Waals surface area contributed by atoms with Crippen LogP contribution in [0.1, 0.15) is 32.6 Å². The fraction of sp³-hybridized carbons (Fsp3) is 1.00. The Hall–Kier alpha value is 0.270. The predicted molar refractivity (Wildman–Crippen MR) is 64.0 cm³/mol. The standard InChI is InChI=1S/C11H23NOS/c1-4-9(8-13-2)12-10-5-6-11(7-10)14-3/h9-12H,4-8H2,1-3H3/t9-,10+,11-/m1/s1. The number of nitrogens with one attached hydrogen (secondary N) is 1. The highest BCUT2D eigenvalue weighted by molar-refractivity contribution is 7.99. The molecule has 0 aromatic heterocycles. The average Bonchev–Trinajstić information content (AvgIpc) is 2.65. The summed E-state index contributed by atoms with van der Waals surface area (Å²) in [6, 6.07) is 1.28. The molecule has 1 rings (SSSR count).